The lowest BCUT2D eigenvalue weighted by atomic mass is 10.1. The smallest absolute Gasteiger partial charge is 0.223 e. The molecule has 1 atom stereocenters. The minimum Gasteiger partial charge on any atom is -0.480 e. The number of aromatic nitrogens is 3. The lowest BCUT2D eigenvalue weighted by Crippen LogP contribution is -2.44. The van der Waals surface area contributed by atoms with Gasteiger partial charge in [0.25, 0.3) is 0 Å². The molecule has 2 N–H and O–H groups in total. The van der Waals surface area contributed by atoms with Crippen molar-refractivity contribution in [1.82, 2.24) is 25.2 Å². The SMILES string of the molecule is COc1nc2ccccc2cc1-c1cnc(C2CN(C)CCN2)[nH]1. The van der Waals surface area contributed by atoms with Crippen LogP contribution in [0.2, 0.25) is 0 Å². The first-order valence-corrected chi connectivity index (χ1v) is 8.15. The Morgan fingerprint density at radius 2 is 2.17 bits per heavy atom. The van der Waals surface area contributed by atoms with Crippen molar-refractivity contribution in [3.63, 3.8) is 0 Å². The highest BCUT2D eigenvalue weighted by molar-refractivity contribution is 5.85. The maximum absolute atomic E-state index is 5.50. The molecule has 2 aromatic heterocycles. The molecule has 0 aliphatic carbocycles. The fourth-order valence-corrected chi connectivity index (χ4v) is 3.18. The van der Waals surface area contributed by atoms with Crippen LogP contribution in [0.3, 0.4) is 0 Å². The fourth-order valence-electron chi connectivity index (χ4n) is 3.18. The molecule has 24 heavy (non-hydrogen) atoms. The van der Waals surface area contributed by atoms with Crippen LogP contribution in [0.1, 0.15) is 11.9 Å². The molecule has 3 aromatic rings. The van der Waals surface area contributed by atoms with E-state index in [1.807, 2.05) is 24.4 Å². The number of ether oxygens (including phenoxy) is 1. The molecular weight excluding hydrogens is 302 g/mol. The minimum atomic E-state index is 0.219. The monoisotopic (exact) mass is 323 g/mol. The summed E-state index contributed by atoms with van der Waals surface area (Å²) in [6.07, 6.45) is 1.86. The van der Waals surface area contributed by atoms with E-state index in [-0.39, 0.29) is 6.04 Å². The molecule has 1 aliphatic heterocycles. The zero-order valence-corrected chi connectivity index (χ0v) is 13.9. The van der Waals surface area contributed by atoms with E-state index in [0.717, 1.165) is 47.6 Å². The number of nitrogens with zero attached hydrogens (tertiary/aromatic N) is 3. The van der Waals surface area contributed by atoms with Crippen LogP contribution in [0.4, 0.5) is 0 Å². The molecule has 1 aromatic carbocycles. The molecule has 0 saturated carbocycles. The van der Waals surface area contributed by atoms with Gasteiger partial charge in [0.05, 0.1) is 36.1 Å². The van der Waals surface area contributed by atoms with Crippen molar-refractivity contribution in [3.05, 3.63) is 42.4 Å². The number of methoxy groups -OCH3 is 1. The van der Waals surface area contributed by atoms with Crippen molar-refractivity contribution in [1.29, 1.82) is 0 Å². The number of nitrogens with one attached hydrogen (secondary N) is 2. The van der Waals surface area contributed by atoms with E-state index in [1.165, 1.54) is 0 Å². The van der Waals surface area contributed by atoms with Crippen molar-refractivity contribution < 1.29 is 4.74 Å². The van der Waals surface area contributed by atoms with Gasteiger partial charge in [-0.3, -0.25) is 0 Å². The number of imidazole rings is 1. The van der Waals surface area contributed by atoms with Crippen LogP contribution >= 0.6 is 0 Å². The number of hydrogen-bond acceptors (Lipinski definition) is 5. The quantitative estimate of drug-likeness (QED) is 0.773. The topological polar surface area (TPSA) is 66.1 Å². The van der Waals surface area contributed by atoms with Gasteiger partial charge in [-0.05, 0) is 19.2 Å². The number of likely N-dealkylation sites (N-methyl/N-ethyl adjacent to an activating group) is 1. The predicted octanol–water partition coefficient (Wildman–Crippen LogP) is 2.21. The number of pyridine rings is 1. The second kappa shape index (κ2) is 6.22. The van der Waals surface area contributed by atoms with Crippen molar-refractivity contribution >= 4 is 10.9 Å². The number of para-hydroxylation sites is 1. The molecule has 0 amide bonds. The molecule has 3 heterocycles. The Balaban J connectivity index is 1.72. The summed E-state index contributed by atoms with van der Waals surface area (Å²) < 4.78 is 5.50. The van der Waals surface area contributed by atoms with Crippen LogP contribution in [0, 0.1) is 0 Å². The Bertz CT molecular complexity index is 859. The molecule has 4 rings (SSSR count). The molecule has 0 radical (unpaired) electrons. The molecule has 6 heteroatoms. The first kappa shape index (κ1) is 15.1. The Kier molecular flexibility index (Phi) is 3.92. The molecule has 1 fully saturated rings. The van der Waals surface area contributed by atoms with Gasteiger partial charge in [0.1, 0.15) is 5.82 Å². The summed E-state index contributed by atoms with van der Waals surface area (Å²) in [5.41, 5.74) is 2.78. The number of rotatable bonds is 3. The number of benzene rings is 1. The number of piperazine rings is 1. The first-order chi connectivity index (χ1) is 11.7. The lowest BCUT2D eigenvalue weighted by molar-refractivity contribution is 0.236. The van der Waals surface area contributed by atoms with Crippen molar-refractivity contribution in [2.75, 3.05) is 33.8 Å². The molecule has 0 bridgehead atoms. The molecule has 1 aliphatic rings. The first-order valence-electron chi connectivity index (χ1n) is 8.15. The van der Waals surface area contributed by atoms with E-state index in [1.54, 1.807) is 7.11 Å². The third kappa shape index (κ3) is 2.74. The Hall–Kier alpha value is -2.44. The number of hydrogen-bond donors (Lipinski definition) is 2. The highest BCUT2D eigenvalue weighted by Gasteiger charge is 2.21. The van der Waals surface area contributed by atoms with E-state index in [9.17, 15) is 0 Å². The van der Waals surface area contributed by atoms with E-state index < -0.39 is 0 Å². The van der Waals surface area contributed by atoms with E-state index in [0.29, 0.717) is 5.88 Å². The van der Waals surface area contributed by atoms with Crippen molar-refractivity contribution in [2.45, 2.75) is 6.04 Å². The maximum Gasteiger partial charge on any atom is 0.223 e. The molecule has 1 unspecified atom stereocenters. The fraction of sp³-hybridized carbons (Fsp3) is 0.333. The standard InChI is InChI=1S/C18H21N5O/c1-23-8-7-19-16(11-23)17-20-10-15(21-17)13-9-12-5-3-4-6-14(12)22-18(13)24-2/h3-6,9-10,16,19H,7-8,11H2,1-2H3,(H,20,21). The number of H-pyrrole nitrogens is 1. The summed E-state index contributed by atoms with van der Waals surface area (Å²) in [5, 5.41) is 4.59. The Labute approximate surface area is 140 Å². The Morgan fingerprint density at radius 1 is 1.29 bits per heavy atom. The zero-order valence-electron chi connectivity index (χ0n) is 13.9. The van der Waals surface area contributed by atoms with Crippen LogP contribution in [0.25, 0.3) is 22.2 Å². The van der Waals surface area contributed by atoms with Gasteiger partial charge in [-0.1, -0.05) is 18.2 Å². The molecule has 124 valence electrons. The van der Waals surface area contributed by atoms with Crippen LogP contribution in [-0.2, 0) is 0 Å². The summed E-state index contributed by atoms with van der Waals surface area (Å²) in [4.78, 5) is 14.9. The van der Waals surface area contributed by atoms with Gasteiger partial charge in [0, 0.05) is 25.0 Å². The summed E-state index contributed by atoms with van der Waals surface area (Å²) in [7, 11) is 3.78. The zero-order chi connectivity index (χ0) is 16.5. The molecule has 1 saturated heterocycles. The van der Waals surface area contributed by atoms with Gasteiger partial charge in [-0.25, -0.2) is 9.97 Å². The minimum absolute atomic E-state index is 0.219. The summed E-state index contributed by atoms with van der Waals surface area (Å²) in [6, 6.07) is 10.4. The number of aromatic amines is 1. The van der Waals surface area contributed by atoms with Crippen molar-refractivity contribution in [2.24, 2.45) is 0 Å². The molecule has 6 nitrogen and oxygen atoms in total. The lowest BCUT2D eigenvalue weighted by Gasteiger charge is -2.29. The maximum atomic E-state index is 5.50. The van der Waals surface area contributed by atoms with Gasteiger partial charge >= 0.3 is 0 Å². The largest absolute Gasteiger partial charge is 0.480 e. The third-order valence-corrected chi connectivity index (χ3v) is 4.48. The van der Waals surface area contributed by atoms with Crippen LogP contribution < -0.4 is 10.1 Å². The Morgan fingerprint density at radius 3 is 3.00 bits per heavy atom. The summed E-state index contributed by atoms with van der Waals surface area (Å²) in [5.74, 6) is 1.56. The average molecular weight is 323 g/mol. The second-order valence-electron chi connectivity index (χ2n) is 6.19. The van der Waals surface area contributed by atoms with E-state index >= 15 is 0 Å². The van der Waals surface area contributed by atoms with Gasteiger partial charge in [-0.15, -0.1) is 0 Å². The highest BCUT2D eigenvalue weighted by atomic mass is 16.5. The summed E-state index contributed by atoms with van der Waals surface area (Å²) >= 11 is 0. The van der Waals surface area contributed by atoms with Crippen LogP contribution in [-0.4, -0.2) is 53.6 Å². The van der Waals surface area contributed by atoms with Gasteiger partial charge < -0.3 is 19.9 Å². The van der Waals surface area contributed by atoms with E-state index in [2.05, 4.69) is 44.3 Å². The van der Waals surface area contributed by atoms with Gasteiger partial charge in [-0.2, -0.15) is 0 Å². The van der Waals surface area contributed by atoms with Gasteiger partial charge in [0.15, 0.2) is 0 Å². The predicted molar refractivity (Wildman–Crippen MR) is 94.1 cm³/mol. The highest BCUT2D eigenvalue weighted by Crippen LogP contribution is 2.31. The average Bonchev–Trinajstić information content (AvgIpc) is 3.10. The van der Waals surface area contributed by atoms with Crippen LogP contribution in [0.5, 0.6) is 5.88 Å². The van der Waals surface area contributed by atoms with Crippen LogP contribution in [0.15, 0.2) is 36.5 Å². The second-order valence-corrected chi connectivity index (χ2v) is 6.19. The normalized spacial score (nSPS) is 18.8. The molecule has 0 spiro atoms. The van der Waals surface area contributed by atoms with Crippen molar-refractivity contribution in [3.8, 4) is 17.1 Å². The number of fused-ring (bicyclic) bond motifs is 1. The summed E-state index contributed by atoms with van der Waals surface area (Å²) in [6.45, 7) is 2.98. The van der Waals surface area contributed by atoms with Gasteiger partial charge in [0.2, 0.25) is 5.88 Å². The van der Waals surface area contributed by atoms with E-state index in [4.69, 9.17) is 4.74 Å². The third-order valence-electron chi connectivity index (χ3n) is 4.48. The molecular formula is C18H21N5O.